The van der Waals surface area contributed by atoms with Gasteiger partial charge in [-0.15, -0.1) is 0 Å². The van der Waals surface area contributed by atoms with Crippen molar-refractivity contribution in [2.75, 3.05) is 28.2 Å². The molecule has 3 nitrogen and oxygen atoms in total. The largest absolute Gasteiger partial charge is 0.349 e. The van der Waals surface area contributed by atoms with Crippen LogP contribution in [0.2, 0.25) is 0 Å². The standard InChI is InChI=1S/C14H19F2N3/c1-18(2)14(19(3)4)17-12-8-9(12)13-10(15)6-5-7-11(13)16/h5-7,9,12H,8H2,1-4H3. The van der Waals surface area contributed by atoms with Crippen LogP contribution in [0.5, 0.6) is 0 Å². The van der Waals surface area contributed by atoms with E-state index in [2.05, 4.69) is 4.99 Å². The van der Waals surface area contributed by atoms with E-state index in [4.69, 9.17) is 0 Å². The van der Waals surface area contributed by atoms with Gasteiger partial charge in [-0.25, -0.2) is 13.8 Å². The first-order valence-corrected chi connectivity index (χ1v) is 6.28. The molecule has 0 bridgehead atoms. The highest BCUT2D eigenvalue weighted by Gasteiger charge is 2.42. The molecule has 0 saturated heterocycles. The van der Waals surface area contributed by atoms with Gasteiger partial charge in [0.2, 0.25) is 0 Å². The Hall–Kier alpha value is -1.65. The number of guanidine groups is 1. The Morgan fingerprint density at radius 2 is 1.63 bits per heavy atom. The van der Waals surface area contributed by atoms with Gasteiger partial charge >= 0.3 is 0 Å². The van der Waals surface area contributed by atoms with Crippen LogP contribution in [0, 0.1) is 11.6 Å². The summed E-state index contributed by atoms with van der Waals surface area (Å²) in [6.07, 6.45) is 0.697. The number of hydrogen-bond acceptors (Lipinski definition) is 1. The van der Waals surface area contributed by atoms with Gasteiger partial charge in [0.15, 0.2) is 5.96 Å². The molecule has 0 spiro atoms. The number of rotatable bonds is 2. The van der Waals surface area contributed by atoms with Crippen molar-refractivity contribution in [3.05, 3.63) is 35.4 Å². The van der Waals surface area contributed by atoms with Crippen LogP contribution in [0.1, 0.15) is 17.9 Å². The van der Waals surface area contributed by atoms with Crippen molar-refractivity contribution in [3.63, 3.8) is 0 Å². The highest BCUT2D eigenvalue weighted by atomic mass is 19.1. The minimum atomic E-state index is -0.473. The molecule has 104 valence electrons. The smallest absolute Gasteiger partial charge is 0.195 e. The number of hydrogen-bond donors (Lipinski definition) is 0. The van der Waals surface area contributed by atoms with E-state index in [9.17, 15) is 8.78 Å². The second-order valence-electron chi connectivity index (χ2n) is 5.26. The third kappa shape index (κ3) is 2.85. The average Bonchev–Trinajstić information content (AvgIpc) is 3.04. The molecule has 5 heteroatoms. The van der Waals surface area contributed by atoms with E-state index in [1.165, 1.54) is 18.2 Å². The maximum absolute atomic E-state index is 13.7. The van der Waals surface area contributed by atoms with Gasteiger partial charge in [0.1, 0.15) is 11.6 Å². The molecular formula is C14H19F2N3. The molecule has 1 saturated carbocycles. The molecule has 2 unspecified atom stereocenters. The van der Waals surface area contributed by atoms with Crippen molar-refractivity contribution in [1.29, 1.82) is 0 Å². The van der Waals surface area contributed by atoms with Crippen molar-refractivity contribution in [3.8, 4) is 0 Å². The topological polar surface area (TPSA) is 18.8 Å². The maximum Gasteiger partial charge on any atom is 0.195 e. The molecule has 0 aromatic heterocycles. The molecule has 0 aliphatic heterocycles. The van der Waals surface area contributed by atoms with Crippen LogP contribution in [0.15, 0.2) is 23.2 Å². The van der Waals surface area contributed by atoms with Crippen molar-refractivity contribution in [2.45, 2.75) is 18.4 Å². The molecule has 19 heavy (non-hydrogen) atoms. The zero-order chi connectivity index (χ0) is 14.2. The molecule has 2 atom stereocenters. The first-order chi connectivity index (χ1) is 8.91. The van der Waals surface area contributed by atoms with Gasteiger partial charge in [-0.3, -0.25) is 0 Å². The molecule has 2 rings (SSSR count). The highest BCUT2D eigenvalue weighted by Crippen LogP contribution is 2.45. The third-order valence-electron chi connectivity index (χ3n) is 3.21. The average molecular weight is 267 g/mol. The van der Waals surface area contributed by atoms with Gasteiger partial charge in [-0.1, -0.05) is 6.07 Å². The minimum absolute atomic E-state index is 0.0359. The van der Waals surface area contributed by atoms with E-state index >= 15 is 0 Å². The predicted octanol–water partition coefficient (Wildman–Crippen LogP) is 2.30. The summed E-state index contributed by atoms with van der Waals surface area (Å²) in [6.45, 7) is 0. The second kappa shape index (κ2) is 5.15. The lowest BCUT2D eigenvalue weighted by Gasteiger charge is -2.22. The zero-order valence-corrected chi connectivity index (χ0v) is 11.7. The van der Waals surface area contributed by atoms with Crippen LogP contribution in [0.25, 0.3) is 0 Å². The Labute approximate surface area is 112 Å². The second-order valence-corrected chi connectivity index (χ2v) is 5.26. The van der Waals surface area contributed by atoms with Gasteiger partial charge in [-0.05, 0) is 18.6 Å². The van der Waals surface area contributed by atoms with Crippen molar-refractivity contribution >= 4 is 5.96 Å². The normalized spacial score (nSPS) is 20.9. The molecule has 1 aliphatic rings. The molecule has 0 radical (unpaired) electrons. The Morgan fingerprint density at radius 1 is 1.11 bits per heavy atom. The molecule has 1 fully saturated rings. The molecule has 1 aromatic carbocycles. The van der Waals surface area contributed by atoms with Crippen LogP contribution in [-0.2, 0) is 0 Å². The van der Waals surface area contributed by atoms with E-state index < -0.39 is 11.6 Å². The first-order valence-electron chi connectivity index (χ1n) is 6.28. The maximum atomic E-state index is 13.7. The van der Waals surface area contributed by atoms with Gasteiger partial charge in [0, 0.05) is 39.7 Å². The summed E-state index contributed by atoms with van der Waals surface area (Å²) in [5.41, 5.74) is 0.174. The van der Waals surface area contributed by atoms with Crippen LogP contribution in [-0.4, -0.2) is 50.0 Å². The van der Waals surface area contributed by atoms with Crippen LogP contribution in [0.4, 0.5) is 8.78 Å². The summed E-state index contributed by atoms with van der Waals surface area (Å²) >= 11 is 0. The lowest BCUT2D eigenvalue weighted by Crippen LogP contribution is -2.35. The summed E-state index contributed by atoms with van der Waals surface area (Å²) in [5.74, 6) is -0.279. The Morgan fingerprint density at radius 3 is 2.11 bits per heavy atom. The molecule has 0 amide bonds. The summed E-state index contributed by atoms with van der Waals surface area (Å²) in [4.78, 5) is 8.35. The van der Waals surface area contributed by atoms with E-state index in [-0.39, 0.29) is 17.5 Å². The molecule has 0 heterocycles. The molecule has 1 aliphatic carbocycles. The van der Waals surface area contributed by atoms with E-state index in [1.54, 1.807) is 0 Å². The van der Waals surface area contributed by atoms with E-state index in [1.807, 2.05) is 38.0 Å². The van der Waals surface area contributed by atoms with Crippen LogP contribution < -0.4 is 0 Å². The van der Waals surface area contributed by atoms with Crippen molar-refractivity contribution in [1.82, 2.24) is 9.80 Å². The van der Waals surface area contributed by atoms with Crippen molar-refractivity contribution < 1.29 is 8.78 Å². The monoisotopic (exact) mass is 267 g/mol. The molecule has 0 N–H and O–H groups in total. The fourth-order valence-electron chi connectivity index (χ4n) is 2.28. The number of aliphatic imine (C=N–C) groups is 1. The SMILES string of the molecule is CN(C)C(=NC1CC1c1c(F)cccc1F)N(C)C. The summed E-state index contributed by atoms with van der Waals surface area (Å²) < 4.78 is 27.3. The lowest BCUT2D eigenvalue weighted by atomic mass is 10.1. The Balaban J connectivity index is 2.19. The van der Waals surface area contributed by atoms with Gasteiger partial charge in [0.25, 0.3) is 0 Å². The Bertz CT molecular complexity index is 467. The summed E-state index contributed by atoms with van der Waals surface area (Å²) in [5, 5.41) is 0. The fraction of sp³-hybridized carbons (Fsp3) is 0.500. The summed E-state index contributed by atoms with van der Waals surface area (Å²) in [7, 11) is 7.61. The number of benzene rings is 1. The van der Waals surface area contributed by atoms with Crippen molar-refractivity contribution in [2.24, 2.45) is 4.99 Å². The summed E-state index contributed by atoms with van der Waals surface area (Å²) in [6, 6.07) is 3.96. The predicted molar refractivity (Wildman–Crippen MR) is 72.3 cm³/mol. The zero-order valence-electron chi connectivity index (χ0n) is 11.7. The number of nitrogens with zero attached hydrogens (tertiary/aromatic N) is 3. The van der Waals surface area contributed by atoms with Gasteiger partial charge in [0.05, 0.1) is 6.04 Å². The molecule has 1 aromatic rings. The quantitative estimate of drug-likeness (QED) is 0.605. The number of halogens is 2. The third-order valence-corrected chi connectivity index (χ3v) is 3.21. The lowest BCUT2D eigenvalue weighted by molar-refractivity contribution is 0.478. The van der Waals surface area contributed by atoms with Crippen LogP contribution >= 0.6 is 0 Å². The van der Waals surface area contributed by atoms with Gasteiger partial charge < -0.3 is 9.80 Å². The van der Waals surface area contributed by atoms with E-state index in [0.717, 1.165) is 5.96 Å². The molecular weight excluding hydrogens is 248 g/mol. The van der Waals surface area contributed by atoms with Gasteiger partial charge in [-0.2, -0.15) is 0 Å². The van der Waals surface area contributed by atoms with Crippen LogP contribution in [0.3, 0.4) is 0 Å². The minimum Gasteiger partial charge on any atom is -0.349 e. The Kier molecular flexibility index (Phi) is 3.73. The fourth-order valence-corrected chi connectivity index (χ4v) is 2.28. The van der Waals surface area contributed by atoms with E-state index in [0.29, 0.717) is 6.42 Å². The first kappa shape index (κ1) is 13.8. The highest BCUT2D eigenvalue weighted by molar-refractivity contribution is 5.79.